The minimum atomic E-state index is -0.400. The molecule has 2 aliphatic heterocycles. The van der Waals surface area contributed by atoms with Gasteiger partial charge in [-0.2, -0.15) is 0 Å². The summed E-state index contributed by atoms with van der Waals surface area (Å²) < 4.78 is 11.3. The molecular formula is C37H68O5. The van der Waals surface area contributed by atoms with Gasteiger partial charge in [0, 0.05) is 5.57 Å². The fourth-order valence-corrected chi connectivity index (χ4v) is 6.72. The maximum absolute atomic E-state index is 11.6. The van der Waals surface area contributed by atoms with E-state index in [2.05, 4.69) is 6.92 Å². The Balaban J connectivity index is 1.34. The van der Waals surface area contributed by atoms with E-state index >= 15 is 0 Å². The first kappa shape index (κ1) is 37.3. The van der Waals surface area contributed by atoms with E-state index in [4.69, 9.17) is 9.47 Å². The quantitative estimate of drug-likeness (QED) is 0.0698. The molecule has 2 aliphatic rings. The van der Waals surface area contributed by atoms with Crippen LogP contribution < -0.4 is 0 Å². The van der Waals surface area contributed by atoms with Crippen molar-refractivity contribution in [3.63, 3.8) is 0 Å². The molecule has 0 aromatic heterocycles. The fourth-order valence-electron chi connectivity index (χ4n) is 6.72. The van der Waals surface area contributed by atoms with E-state index < -0.39 is 6.10 Å². The van der Waals surface area contributed by atoms with Gasteiger partial charge < -0.3 is 19.7 Å². The number of carbonyl (C=O) groups is 1. The number of aliphatic hydroxyl groups excluding tert-OH is 2. The minimum absolute atomic E-state index is 0.0528. The molecule has 0 aromatic rings. The Kier molecular flexibility index (Phi) is 21.7. The van der Waals surface area contributed by atoms with E-state index in [0.717, 1.165) is 63.4 Å². The van der Waals surface area contributed by atoms with Crippen LogP contribution in [0, 0.1) is 0 Å². The van der Waals surface area contributed by atoms with Gasteiger partial charge in [-0.25, -0.2) is 4.79 Å². The molecule has 1 saturated heterocycles. The summed E-state index contributed by atoms with van der Waals surface area (Å²) in [4.78, 5) is 11.6. The molecule has 0 bridgehead atoms. The lowest BCUT2D eigenvalue weighted by Gasteiger charge is -2.22. The lowest BCUT2D eigenvalue weighted by atomic mass is 10.00. The van der Waals surface area contributed by atoms with Crippen molar-refractivity contribution in [3.05, 3.63) is 11.6 Å². The van der Waals surface area contributed by atoms with E-state index in [-0.39, 0.29) is 30.4 Å². The summed E-state index contributed by atoms with van der Waals surface area (Å²) in [6, 6.07) is 0. The van der Waals surface area contributed by atoms with Gasteiger partial charge in [0.15, 0.2) is 0 Å². The third-order valence-corrected chi connectivity index (χ3v) is 9.48. The molecule has 0 aromatic carbocycles. The molecule has 0 spiro atoms. The topological polar surface area (TPSA) is 76.0 Å². The molecular weight excluding hydrogens is 524 g/mol. The summed E-state index contributed by atoms with van der Waals surface area (Å²) >= 11 is 0. The molecule has 0 saturated carbocycles. The summed E-state index contributed by atoms with van der Waals surface area (Å²) in [6.07, 6.45) is 33.4. The lowest BCUT2D eigenvalue weighted by molar-refractivity contribution is -0.139. The highest BCUT2D eigenvalue weighted by Crippen LogP contribution is 2.28. The summed E-state index contributed by atoms with van der Waals surface area (Å²) in [6.45, 7) is 4.19. The monoisotopic (exact) mass is 593 g/mol. The van der Waals surface area contributed by atoms with Crippen LogP contribution in [0.2, 0.25) is 0 Å². The predicted molar refractivity (Wildman–Crippen MR) is 175 cm³/mol. The molecule has 5 unspecified atom stereocenters. The van der Waals surface area contributed by atoms with E-state index in [1.807, 2.05) is 13.0 Å². The SMILES string of the molecule is CCCCCCCCCCCCCCCCC(O)C1CCC(C(O)CCCCCCCCCCC2=CC(C)OC2=O)O1. The van der Waals surface area contributed by atoms with Crippen molar-refractivity contribution in [1.82, 2.24) is 0 Å². The van der Waals surface area contributed by atoms with Crippen molar-refractivity contribution in [1.29, 1.82) is 0 Å². The zero-order valence-electron chi connectivity index (χ0n) is 27.7. The van der Waals surface area contributed by atoms with Crippen molar-refractivity contribution >= 4 is 5.97 Å². The first-order valence-corrected chi connectivity index (χ1v) is 18.4. The second-order valence-corrected chi connectivity index (χ2v) is 13.5. The standard InChI is InChI=1S/C37H68O5/c1-3-4-5-6-7-8-9-10-11-12-13-17-20-23-26-33(38)35-28-29-36(42-35)34(39)27-24-21-18-15-14-16-19-22-25-32-30-31(2)41-37(32)40/h30-31,33-36,38-39H,3-29H2,1-2H3. The van der Waals surface area contributed by atoms with E-state index in [9.17, 15) is 15.0 Å². The van der Waals surface area contributed by atoms with Crippen LogP contribution in [0.4, 0.5) is 0 Å². The van der Waals surface area contributed by atoms with Gasteiger partial charge in [-0.05, 0) is 51.5 Å². The molecule has 2 rings (SSSR count). The highest BCUT2D eigenvalue weighted by Gasteiger charge is 2.34. The Hall–Kier alpha value is -0.910. The Morgan fingerprint density at radius 3 is 1.40 bits per heavy atom. The van der Waals surface area contributed by atoms with Crippen molar-refractivity contribution < 1.29 is 24.5 Å². The number of aliphatic hydroxyl groups is 2. The van der Waals surface area contributed by atoms with Gasteiger partial charge in [0.2, 0.25) is 0 Å². The highest BCUT2D eigenvalue weighted by molar-refractivity contribution is 5.90. The van der Waals surface area contributed by atoms with Gasteiger partial charge in [-0.15, -0.1) is 0 Å². The van der Waals surface area contributed by atoms with E-state index in [1.54, 1.807) is 0 Å². The minimum Gasteiger partial charge on any atom is -0.455 e. The summed E-state index contributed by atoms with van der Waals surface area (Å²) in [5.74, 6) is -0.125. The summed E-state index contributed by atoms with van der Waals surface area (Å²) in [7, 11) is 0. The van der Waals surface area contributed by atoms with Crippen molar-refractivity contribution in [3.8, 4) is 0 Å². The largest absolute Gasteiger partial charge is 0.455 e. The molecule has 0 radical (unpaired) electrons. The van der Waals surface area contributed by atoms with Gasteiger partial charge in [-0.3, -0.25) is 0 Å². The number of hydrogen-bond donors (Lipinski definition) is 2. The zero-order valence-corrected chi connectivity index (χ0v) is 27.7. The molecule has 5 atom stereocenters. The summed E-state index contributed by atoms with van der Waals surface area (Å²) in [5, 5.41) is 21.3. The van der Waals surface area contributed by atoms with Gasteiger partial charge in [0.05, 0.1) is 24.4 Å². The lowest BCUT2D eigenvalue weighted by Crippen LogP contribution is -2.31. The first-order valence-electron chi connectivity index (χ1n) is 18.4. The Morgan fingerprint density at radius 1 is 0.643 bits per heavy atom. The molecule has 0 amide bonds. The normalized spacial score (nSPS) is 22.0. The van der Waals surface area contributed by atoms with Crippen molar-refractivity contribution in [2.75, 3.05) is 0 Å². The van der Waals surface area contributed by atoms with Gasteiger partial charge >= 0.3 is 5.97 Å². The van der Waals surface area contributed by atoms with Crippen LogP contribution in [0.5, 0.6) is 0 Å². The zero-order chi connectivity index (χ0) is 30.3. The smallest absolute Gasteiger partial charge is 0.334 e. The average Bonchev–Trinajstić information content (AvgIpc) is 3.60. The summed E-state index contributed by atoms with van der Waals surface area (Å²) in [5.41, 5.74) is 0.859. The van der Waals surface area contributed by atoms with Crippen LogP contribution in [0.3, 0.4) is 0 Å². The first-order chi connectivity index (χ1) is 20.5. The predicted octanol–water partition coefficient (Wildman–Crippen LogP) is 9.90. The van der Waals surface area contributed by atoms with Crippen LogP contribution in [0.1, 0.15) is 187 Å². The maximum atomic E-state index is 11.6. The van der Waals surface area contributed by atoms with Crippen LogP contribution in [-0.4, -0.2) is 46.7 Å². The van der Waals surface area contributed by atoms with Crippen LogP contribution >= 0.6 is 0 Å². The Morgan fingerprint density at radius 2 is 1.02 bits per heavy atom. The number of rotatable bonds is 28. The maximum Gasteiger partial charge on any atom is 0.334 e. The highest BCUT2D eigenvalue weighted by atomic mass is 16.5. The Labute approximate surface area is 259 Å². The van der Waals surface area contributed by atoms with E-state index in [0.29, 0.717) is 0 Å². The molecule has 0 aliphatic carbocycles. The van der Waals surface area contributed by atoms with Crippen LogP contribution in [-0.2, 0) is 14.3 Å². The fraction of sp³-hybridized carbons (Fsp3) is 0.919. The number of esters is 1. The number of unbranched alkanes of at least 4 members (excludes halogenated alkanes) is 20. The number of ether oxygens (including phenoxy) is 2. The van der Waals surface area contributed by atoms with Crippen LogP contribution in [0.15, 0.2) is 11.6 Å². The molecule has 2 heterocycles. The molecule has 5 nitrogen and oxygen atoms in total. The Bertz CT molecular complexity index is 692. The molecule has 246 valence electrons. The molecule has 1 fully saturated rings. The average molecular weight is 593 g/mol. The van der Waals surface area contributed by atoms with Gasteiger partial charge in [0.25, 0.3) is 0 Å². The molecule has 2 N–H and O–H groups in total. The van der Waals surface area contributed by atoms with Crippen molar-refractivity contribution in [2.45, 2.75) is 218 Å². The van der Waals surface area contributed by atoms with Gasteiger partial charge in [-0.1, -0.05) is 142 Å². The van der Waals surface area contributed by atoms with Crippen LogP contribution in [0.25, 0.3) is 0 Å². The van der Waals surface area contributed by atoms with E-state index in [1.165, 1.54) is 116 Å². The molecule has 5 heteroatoms. The number of cyclic esters (lactones) is 1. The second-order valence-electron chi connectivity index (χ2n) is 13.5. The molecule has 42 heavy (non-hydrogen) atoms. The van der Waals surface area contributed by atoms with Crippen molar-refractivity contribution in [2.24, 2.45) is 0 Å². The number of hydrogen-bond acceptors (Lipinski definition) is 5. The third kappa shape index (κ3) is 17.4. The number of carbonyl (C=O) groups excluding carboxylic acids is 1. The second kappa shape index (κ2) is 24.4. The van der Waals surface area contributed by atoms with Gasteiger partial charge in [0.1, 0.15) is 6.10 Å². The third-order valence-electron chi connectivity index (χ3n) is 9.48.